The molecular weight excluding hydrogens is 279 g/mol. The zero-order chi connectivity index (χ0) is 15.2. The number of benzene rings is 2. The molecule has 1 unspecified atom stereocenters. The number of anilines is 1. The van der Waals surface area contributed by atoms with Crippen LogP contribution in [0.15, 0.2) is 36.4 Å². The van der Waals surface area contributed by atoms with Crippen molar-refractivity contribution in [3.63, 3.8) is 0 Å². The van der Waals surface area contributed by atoms with Crippen molar-refractivity contribution in [1.29, 1.82) is 0 Å². The van der Waals surface area contributed by atoms with Crippen LogP contribution in [0.2, 0.25) is 0 Å². The van der Waals surface area contributed by atoms with Gasteiger partial charge in [-0.15, -0.1) is 0 Å². The van der Waals surface area contributed by atoms with Gasteiger partial charge in [-0.25, -0.2) is 13.2 Å². The Balaban J connectivity index is 1.99. The molecule has 0 saturated heterocycles. The summed E-state index contributed by atoms with van der Waals surface area (Å²) in [5.74, 6) is -2.44. The molecule has 0 aliphatic carbocycles. The number of fused-ring (bicyclic) bond motifs is 1. The Morgan fingerprint density at radius 2 is 1.67 bits per heavy atom. The minimum atomic E-state index is -1.21. The van der Waals surface area contributed by atoms with Crippen molar-refractivity contribution in [1.82, 2.24) is 0 Å². The molecule has 2 nitrogen and oxygen atoms in total. The van der Waals surface area contributed by atoms with Gasteiger partial charge in [0, 0.05) is 17.7 Å². The van der Waals surface area contributed by atoms with E-state index in [0.717, 1.165) is 11.6 Å². The molecular formula is C16H14F3NO. The van der Waals surface area contributed by atoms with E-state index in [1.165, 1.54) is 0 Å². The molecule has 3 rings (SSSR count). The first-order chi connectivity index (χ1) is 9.88. The molecule has 0 amide bonds. The Morgan fingerprint density at radius 1 is 1.00 bits per heavy atom. The van der Waals surface area contributed by atoms with Crippen molar-refractivity contribution in [3.05, 3.63) is 59.4 Å². The largest absolute Gasteiger partial charge is 0.485 e. The molecule has 2 aromatic rings. The summed E-state index contributed by atoms with van der Waals surface area (Å²) in [5.41, 5.74) is 0.125. The maximum Gasteiger partial charge on any atom is 0.161 e. The van der Waals surface area contributed by atoms with Crippen molar-refractivity contribution in [3.8, 4) is 5.75 Å². The second-order valence-electron chi connectivity index (χ2n) is 5.57. The molecule has 0 saturated carbocycles. The van der Waals surface area contributed by atoms with Gasteiger partial charge in [0.05, 0.1) is 11.7 Å². The fourth-order valence-electron chi connectivity index (χ4n) is 2.57. The first kappa shape index (κ1) is 13.8. The molecule has 2 aromatic carbocycles. The number of hydrogen-bond acceptors (Lipinski definition) is 2. The molecule has 0 fully saturated rings. The van der Waals surface area contributed by atoms with Crippen molar-refractivity contribution < 1.29 is 17.9 Å². The predicted molar refractivity (Wildman–Crippen MR) is 73.8 cm³/mol. The van der Waals surface area contributed by atoms with Crippen molar-refractivity contribution in [2.75, 3.05) is 5.32 Å². The molecule has 1 N–H and O–H groups in total. The lowest BCUT2D eigenvalue weighted by Gasteiger charge is -2.28. The van der Waals surface area contributed by atoms with Gasteiger partial charge in [-0.3, -0.25) is 0 Å². The normalized spacial score (nSPS) is 19.0. The Morgan fingerprint density at radius 3 is 2.43 bits per heavy atom. The zero-order valence-electron chi connectivity index (χ0n) is 11.6. The predicted octanol–water partition coefficient (Wildman–Crippen LogP) is 4.43. The lowest BCUT2D eigenvalue weighted by atomic mass is 9.94. The van der Waals surface area contributed by atoms with Crippen LogP contribution in [0, 0.1) is 17.5 Å². The lowest BCUT2D eigenvalue weighted by molar-refractivity contribution is 0.118. The van der Waals surface area contributed by atoms with Crippen LogP contribution in [0.5, 0.6) is 5.75 Å². The maximum atomic E-state index is 13.8. The third kappa shape index (κ3) is 2.33. The molecule has 1 heterocycles. The Labute approximate surface area is 120 Å². The highest BCUT2D eigenvalue weighted by Crippen LogP contribution is 2.44. The Bertz CT molecular complexity index is 700. The first-order valence-electron chi connectivity index (χ1n) is 6.57. The van der Waals surface area contributed by atoms with Gasteiger partial charge in [0.15, 0.2) is 11.6 Å². The van der Waals surface area contributed by atoms with E-state index in [1.807, 2.05) is 38.1 Å². The monoisotopic (exact) mass is 293 g/mol. The standard InChI is InChI=1S/C16H14F3NO/c1-16(2)15(9-5-3-4-6-14(9)21-16)20-13-8-11(18)10(17)7-12(13)19/h3-8,15,20H,1-2H3. The summed E-state index contributed by atoms with van der Waals surface area (Å²) in [7, 11) is 0. The van der Waals surface area contributed by atoms with Crippen LogP contribution >= 0.6 is 0 Å². The molecule has 0 spiro atoms. The summed E-state index contributed by atoms with van der Waals surface area (Å²) in [6.07, 6.45) is 0. The molecule has 1 atom stereocenters. The van der Waals surface area contributed by atoms with Crippen LogP contribution in [-0.2, 0) is 0 Å². The van der Waals surface area contributed by atoms with Gasteiger partial charge in [-0.1, -0.05) is 18.2 Å². The number of para-hydroxylation sites is 1. The second kappa shape index (κ2) is 4.69. The van der Waals surface area contributed by atoms with Crippen LogP contribution < -0.4 is 10.1 Å². The second-order valence-corrected chi connectivity index (χ2v) is 5.57. The molecule has 1 aliphatic heterocycles. The summed E-state index contributed by atoms with van der Waals surface area (Å²) in [6.45, 7) is 3.70. The minimum absolute atomic E-state index is 0.0905. The fourth-order valence-corrected chi connectivity index (χ4v) is 2.57. The van der Waals surface area contributed by atoms with Gasteiger partial charge in [0.25, 0.3) is 0 Å². The third-order valence-electron chi connectivity index (χ3n) is 3.61. The number of ether oxygens (including phenoxy) is 1. The Hall–Kier alpha value is -2.17. The lowest BCUT2D eigenvalue weighted by Crippen LogP contribution is -2.35. The van der Waals surface area contributed by atoms with Crippen molar-refractivity contribution in [2.45, 2.75) is 25.5 Å². The molecule has 0 radical (unpaired) electrons. The number of nitrogens with one attached hydrogen (secondary N) is 1. The average molecular weight is 293 g/mol. The summed E-state index contributed by atoms with van der Waals surface area (Å²) >= 11 is 0. The summed E-state index contributed by atoms with van der Waals surface area (Å²) < 4.78 is 45.9. The van der Waals surface area contributed by atoms with Gasteiger partial charge < -0.3 is 10.1 Å². The van der Waals surface area contributed by atoms with Crippen molar-refractivity contribution >= 4 is 5.69 Å². The number of hydrogen-bond donors (Lipinski definition) is 1. The topological polar surface area (TPSA) is 21.3 Å². The van der Waals surface area contributed by atoms with E-state index in [2.05, 4.69) is 5.32 Å². The molecule has 0 bridgehead atoms. The van der Waals surface area contributed by atoms with Gasteiger partial charge in [0.1, 0.15) is 17.2 Å². The molecule has 110 valence electrons. The van der Waals surface area contributed by atoms with Gasteiger partial charge in [0.2, 0.25) is 0 Å². The molecule has 0 aromatic heterocycles. The SMILES string of the molecule is CC1(C)Oc2ccccc2C1Nc1cc(F)c(F)cc1F. The van der Waals surface area contributed by atoms with Gasteiger partial charge in [-0.2, -0.15) is 0 Å². The van der Waals surface area contributed by atoms with Crippen molar-refractivity contribution in [2.24, 2.45) is 0 Å². The van der Waals surface area contributed by atoms with Gasteiger partial charge in [-0.05, 0) is 19.9 Å². The smallest absolute Gasteiger partial charge is 0.161 e. The quantitative estimate of drug-likeness (QED) is 0.827. The van der Waals surface area contributed by atoms with E-state index in [1.54, 1.807) is 0 Å². The highest BCUT2D eigenvalue weighted by atomic mass is 19.2. The molecule has 1 aliphatic rings. The van der Waals surface area contributed by atoms with Crippen LogP contribution in [0.25, 0.3) is 0 Å². The molecule has 21 heavy (non-hydrogen) atoms. The Kier molecular flexibility index (Phi) is 3.08. The average Bonchev–Trinajstić information content (AvgIpc) is 2.67. The minimum Gasteiger partial charge on any atom is -0.485 e. The highest BCUT2D eigenvalue weighted by molar-refractivity contribution is 5.52. The van der Waals surface area contributed by atoms with Gasteiger partial charge >= 0.3 is 0 Å². The van der Waals surface area contributed by atoms with E-state index in [4.69, 9.17) is 4.74 Å². The summed E-state index contributed by atoms with van der Waals surface area (Å²) in [5, 5.41) is 2.92. The van der Waals surface area contributed by atoms with Crippen LogP contribution in [0.3, 0.4) is 0 Å². The third-order valence-corrected chi connectivity index (χ3v) is 3.61. The fraction of sp³-hybridized carbons (Fsp3) is 0.250. The maximum absolute atomic E-state index is 13.8. The van der Waals surface area contributed by atoms with E-state index in [9.17, 15) is 13.2 Å². The number of halogens is 3. The highest BCUT2D eigenvalue weighted by Gasteiger charge is 2.41. The number of rotatable bonds is 2. The van der Waals surface area contributed by atoms with E-state index < -0.39 is 23.1 Å². The van der Waals surface area contributed by atoms with Crippen LogP contribution in [0.1, 0.15) is 25.5 Å². The molecule has 5 heteroatoms. The first-order valence-corrected chi connectivity index (χ1v) is 6.57. The van der Waals surface area contributed by atoms with Crippen LogP contribution in [0.4, 0.5) is 18.9 Å². The van der Waals surface area contributed by atoms with E-state index in [0.29, 0.717) is 11.8 Å². The van der Waals surface area contributed by atoms with E-state index >= 15 is 0 Å². The zero-order valence-corrected chi connectivity index (χ0v) is 11.6. The van der Waals surface area contributed by atoms with E-state index in [-0.39, 0.29) is 11.7 Å². The van der Waals surface area contributed by atoms with Crippen LogP contribution in [-0.4, -0.2) is 5.60 Å². The summed E-state index contributed by atoms with van der Waals surface area (Å²) in [4.78, 5) is 0. The summed E-state index contributed by atoms with van der Waals surface area (Å²) in [6, 6.07) is 8.36.